The summed E-state index contributed by atoms with van der Waals surface area (Å²) in [4.78, 5) is 38.1. The highest BCUT2D eigenvalue weighted by molar-refractivity contribution is 5.88. The highest BCUT2D eigenvalue weighted by Gasteiger charge is 2.29. The van der Waals surface area contributed by atoms with Gasteiger partial charge in [-0.2, -0.15) is 5.10 Å². The van der Waals surface area contributed by atoms with Gasteiger partial charge in [0.1, 0.15) is 0 Å². The van der Waals surface area contributed by atoms with Gasteiger partial charge in [-0.3, -0.25) is 14.4 Å². The van der Waals surface area contributed by atoms with Crippen molar-refractivity contribution >= 4 is 22.6 Å². The number of piperidine rings is 1. The average molecular weight is 343 g/mol. The van der Waals surface area contributed by atoms with E-state index in [-0.39, 0.29) is 29.8 Å². The van der Waals surface area contributed by atoms with Gasteiger partial charge < -0.3 is 9.64 Å². The number of fused-ring (bicyclic) bond motifs is 1. The lowest BCUT2D eigenvalue weighted by Crippen LogP contribution is -2.43. The van der Waals surface area contributed by atoms with Crippen molar-refractivity contribution in [3.63, 3.8) is 0 Å². The van der Waals surface area contributed by atoms with Crippen LogP contribution in [0.5, 0.6) is 0 Å². The van der Waals surface area contributed by atoms with E-state index in [9.17, 15) is 14.4 Å². The Morgan fingerprint density at radius 3 is 2.84 bits per heavy atom. The Labute approximate surface area is 145 Å². The fourth-order valence-corrected chi connectivity index (χ4v) is 3.22. The summed E-state index contributed by atoms with van der Waals surface area (Å²) in [6.07, 6.45) is 1.60. The van der Waals surface area contributed by atoms with Crippen molar-refractivity contribution in [3.05, 3.63) is 40.3 Å². The number of benzene rings is 1. The third-order valence-corrected chi connectivity index (χ3v) is 4.49. The van der Waals surface area contributed by atoms with E-state index < -0.39 is 0 Å². The maximum Gasteiger partial charge on any atom is 0.310 e. The number of esters is 1. The molecule has 1 N–H and O–H groups in total. The molecule has 1 saturated heterocycles. The lowest BCUT2D eigenvalue weighted by atomic mass is 9.97. The zero-order valence-electron chi connectivity index (χ0n) is 14.2. The molecule has 0 spiro atoms. The van der Waals surface area contributed by atoms with Crippen LogP contribution in [0.4, 0.5) is 0 Å². The van der Waals surface area contributed by atoms with E-state index in [1.807, 2.05) is 6.07 Å². The number of nitrogens with zero attached hydrogens (tertiary/aromatic N) is 2. The molecule has 1 amide bonds. The Kier molecular flexibility index (Phi) is 5.11. The van der Waals surface area contributed by atoms with E-state index in [1.54, 1.807) is 30.0 Å². The number of carbonyl (C=O) groups excluding carboxylic acids is 2. The number of nitrogens with one attached hydrogen (secondary N) is 1. The van der Waals surface area contributed by atoms with Crippen LogP contribution in [-0.4, -0.2) is 46.7 Å². The molecule has 1 fully saturated rings. The summed E-state index contributed by atoms with van der Waals surface area (Å²) in [5, 5.41) is 7.69. The van der Waals surface area contributed by atoms with Gasteiger partial charge in [0.25, 0.3) is 5.56 Å². The topological polar surface area (TPSA) is 92.4 Å². The van der Waals surface area contributed by atoms with Gasteiger partial charge in [0.05, 0.1) is 30.0 Å². The maximum absolute atomic E-state index is 12.7. The molecule has 132 valence electrons. The fraction of sp³-hybridized carbons (Fsp3) is 0.444. The highest BCUT2D eigenvalue weighted by atomic mass is 16.5. The lowest BCUT2D eigenvalue weighted by molar-refractivity contribution is -0.151. The highest BCUT2D eigenvalue weighted by Crippen LogP contribution is 2.20. The standard InChI is InChI=1S/C18H21N3O4/c1-2-25-18(24)12-6-5-9-21(11-12)16(22)10-15-13-7-3-4-8-14(13)17(23)20-19-15/h3-4,7-8,12H,2,5-6,9-11H2,1H3,(H,20,23)/t12-/m0/s1. The fourth-order valence-electron chi connectivity index (χ4n) is 3.22. The molecule has 1 aliphatic heterocycles. The summed E-state index contributed by atoms with van der Waals surface area (Å²) in [6, 6.07) is 7.09. The van der Waals surface area contributed by atoms with E-state index in [4.69, 9.17) is 4.74 Å². The Hall–Kier alpha value is -2.70. The Balaban J connectivity index is 1.75. The number of aromatic amines is 1. The summed E-state index contributed by atoms with van der Waals surface area (Å²) >= 11 is 0. The zero-order valence-corrected chi connectivity index (χ0v) is 14.2. The molecular formula is C18H21N3O4. The molecule has 3 rings (SSSR count). The van der Waals surface area contributed by atoms with Crippen LogP contribution in [0, 0.1) is 5.92 Å². The van der Waals surface area contributed by atoms with Gasteiger partial charge in [-0.25, -0.2) is 5.10 Å². The number of ether oxygens (including phenoxy) is 1. The van der Waals surface area contributed by atoms with Crippen LogP contribution in [-0.2, 0) is 20.7 Å². The first-order valence-corrected chi connectivity index (χ1v) is 8.51. The van der Waals surface area contributed by atoms with Crippen LogP contribution >= 0.6 is 0 Å². The quantitative estimate of drug-likeness (QED) is 0.844. The van der Waals surface area contributed by atoms with Gasteiger partial charge in [0, 0.05) is 18.5 Å². The molecule has 2 heterocycles. The van der Waals surface area contributed by atoms with E-state index >= 15 is 0 Å². The summed E-state index contributed by atoms with van der Waals surface area (Å²) < 4.78 is 5.07. The van der Waals surface area contributed by atoms with Gasteiger partial charge >= 0.3 is 5.97 Å². The van der Waals surface area contributed by atoms with Crippen molar-refractivity contribution in [1.29, 1.82) is 0 Å². The first-order valence-electron chi connectivity index (χ1n) is 8.51. The molecule has 1 aliphatic rings. The predicted octanol–water partition coefficient (Wildman–Crippen LogP) is 1.27. The van der Waals surface area contributed by atoms with Crippen molar-refractivity contribution in [2.45, 2.75) is 26.2 Å². The molecule has 25 heavy (non-hydrogen) atoms. The zero-order chi connectivity index (χ0) is 17.8. The van der Waals surface area contributed by atoms with Gasteiger partial charge in [0.15, 0.2) is 0 Å². The van der Waals surface area contributed by atoms with Gasteiger partial charge in [-0.1, -0.05) is 18.2 Å². The molecule has 1 aromatic heterocycles. The van der Waals surface area contributed by atoms with E-state index in [1.165, 1.54) is 0 Å². The van der Waals surface area contributed by atoms with Crippen molar-refractivity contribution in [1.82, 2.24) is 15.1 Å². The minimum atomic E-state index is -0.271. The summed E-state index contributed by atoms with van der Waals surface area (Å²) in [7, 11) is 0. The van der Waals surface area contributed by atoms with Gasteiger partial charge in [0.2, 0.25) is 5.91 Å². The Bertz CT molecular complexity index is 846. The third-order valence-electron chi connectivity index (χ3n) is 4.49. The minimum Gasteiger partial charge on any atom is -0.466 e. The summed E-state index contributed by atoms with van der Waals surface area (Å²) in [5.74, 6) is -0.607. The first-order chi connectivity index (χ1) is 12.1. The molecule has 0 unspecified atom stereocenters. The second kappa shape index (κ2) is 7.46. The second-order valence-electron chi connectivity index (χ2n) is 6.15. The van der Waals surface area contributed by atoms with E-state index in [0.717, 1.165) is 12.8 Å². The molecule has 2 aromatic rings. The van der Waals surface area contributed by atoms with E-state index in [0.29, 0.717) is 36.2 Å². The Morgan fingerprint density at radius 2 is 2.08 bits per heavy atom. The van der Waals surface area contributed by atoms with Crippen LogP contribution < -0.4 is 5.56 Å². The maximum atomic E-state index is 12.7. The molecule has 7 heteroatoms. The normalized spacial score (nSPS) is 17.5. The monoisotopic (exact) mass is 343 g/mol. The molecule has 1 aromatic carbocycles. The number of rotatable bonds is 4. The molecule has 0 aliphatic carbocycles. The molecule has 0 bridgehead atoms. The van der Waals surface area contributed by atoms with Crippen LogP contribution in [0.3, 0.4) is 0 Å². The van der Waals surface area contributed by atoms with Crippen LogP contribution in [0.1, 0.15) is 25.5 Å². The number of carbonyl (C=O) groups is 2. The first kappa shape index (κ1) is 17.1. The molecule has 1 atom stereocenters. The van der Waals surface area contributed by atoms with Crippen molar-refractivity contribution in [2.75, 3.05) is 19.7 Å². The van der Waals surface area contributed by atoms with Crippen molar-refractivity contribution < 1.29 is 14.3 Å². The number of H-pyrrole nitrogens is 1. The SMILES string of the molecule is CCOC(=O)[C@H]1CCCN(C(=O)Cc2n[nH]c(=O)c3ccccc23)C1. The molecule has 7 nitrogen and oxygen atoms in total. The minimum absolute atomic E-state index is 0.0901. The van der Waals surface area contributed by atoms with Gasteiger partial charge in [-0.15, -0.1) is 0 Å². The third kappa shape index (κ3) is 3.70. The van der Waals surface area contributed by atoms with Crippen LogP contribution in [0.2, 0.25) is 0 Å². The lowest BCUT2D eigenvalue weighted by Gasteiger charge is -2.31. The Morgan fingerprint density at radius 1 is 1.32 bits per heavy atom. The molecule has 0 radical (unpaired) electrons. The van der Waals surface area contributed by atoms with Crippen LogP contribution in [0.25, 0.3) is 10.8 Å². The number of aromatic nitrogens is 2. The van der Waals surface area contributed by atoms with Crippen LogP contribution in [0.15, 0.2) is 29.1 Å². The summed E-state index contributed by atoms with van der Waals surface area (Å²) in [6.45, 7) is 3.11. The number of amides is 1. The number of hydrogen-bond acceptors (Lipinski definition) is 5. The van der Waals surface area contributed by atoms with Crippen molar-refractivity contribution in [2.24, 2.45) is 5.92 Å². The summed E-state index contributed by atoms with van der Waals surface area (Å²) in [5.41, 5.74) is 0.269. The van der Waals surface area contributed by atoms with Crippen molar-refractivity contribution in [3.8, 4) is 0 Å². The van der Waals surface area contributed by atoms with Gasteiger partial charge in [-0.05, 0) is 25.8 Å². The second-order valence-corrected chi connectivity index (χ2v) is 6.15. The average Bonchev–Trinajstić information content (AvgIpc) is 2.64. The predicted molar refractivity (Wildman–Crippen MR) is 92.0 cm³/mol. The molecular weight excluding hydrogens is 322 g/mol. The largest absolute Gasteiger partial charge is 0.466 e. The molecule has 0 saturated carbocycles. The smallest absolute Gasteiger partial charge is 0.310 e. The number of likely N-dealkylation sites (tertiary alicyclic amines) is 1. The van der Waals surface area contributed by atoms with E-state index in [2.05, 4.69) is 10.2 Å². The number of hydrogen-bond donors (Lipinski definition) is 1.